The lowest BCUT2D eigenvalue weighted by molar-refractivity contribution is 0.259. The fraction of sp³-hybridized carbons (Fsp3) is 0.154. The Morgan fingerprint density at radius 3 is 2.89 bits per heavy atom. The molecule has 0 bridgehead atoms. The number of aliphatic hydroxyl groups excluding tert-OH is 1. The average Bonchev–Trinajstić information content (AvgIpc) is 2.37. The van der Waals surface area contributed by atoms with Gasteiger partial charge in [-0.05, 0) is 12.1 Å². The summed E-state index contributed by atoms with van der Waals surface area (Å²) in [4.78, 5) is 3.72. The van der Waals surface area contributed by atoms with Crippen molar-refractivity contribution in [3.63, 3.8) is 0 Å². The van der Waals surface area contributed by atoms with Crippen LogP contribution >= 0.6 is 11.6 Å². The molecule has 1 aromatic carbocycles. The molecule has 0 aliphatic heterocycles. The summed E-state index contributed by atoms with van der Waals surface area (Å²) in [5, 5.41) is 9.58. The zero-order chi connectivity index (χ0) is 13.0. The van der Waals surface area contributed by atoms with Gasteiger partial charge in [0.25, 0.3) is 0 Å². The first kappa shape index (κ1) is 12.8. The second kappa shape index (κ2) is 5.80. The number of rotatable bonds is 4. The molecule has 1 aromatic heterocycles. The summed E-state index contributed by atoms with van der Waals surface area (Å²) >= 11 is 5.98. The zero-order valence-electron chi connectivity index (χ0n) is 9.44. The molecule has 2 rings (SSSR count). The van der Waals surface area contributed by atoms with Crippen molar-refractivity contribution >= 4 is 11.6 Å². The first-order valence-corrected chi connectivity index (χ1v) is 5.69. The maximum absolute atomic E-state index is 12.9. The molecule has 0 atom stereocenters. The Labute approximate surface area is 109 Å². The molecule has 18 heavy (non-hydrogen) atoms. The van der Waals surface area contributed by atoms with E-state index < -0.39 is 5.82 Å². The van der Waals surface area contributed by atoms with Gasteiger partial charge in [0.05, 0.1) is 17.8 Å². The number of halogens is 2. The Hall–Kier alpha value is -1.65. The fourth-order valence-corrected chi connectivity index (χ4v) is 1.78. The van der Waals surface area contributed by atoms with E-state index in [1.54, 1.807) is 18.2 Å². The second-order valence-electron chi connectivity index (χ2n) is 3.69. The predicted molar refractivity (Wildman–Crippen MR) is 65.9 cm³/mol. The molecule has 3 nitrogen and oxygen atoms in total. The fourth-order valence-electron chi connectivity index (χ4n) is 1.53. The van der Waals surface area contributed by atoms with E-state index in [1.165, 1.54) is 12.3 Å². The third-order valence-corrected chi connectivity index (χ3v) is 2.66. The lowest BCUT2D eigenvalue weighted by Crippen LogP contribution is -2.00. The number of hydrogen-bond donors (Lipinski definition) is 1. The maximum Gasteiger partial charge on any atom is 0.143 e. The Morgan fingerprint density at radius 2 is 2.17 bits per heavy atom. The molecule has 0 spiro atoms. The van der Waals surface area contributed by atoms with Crippen LogP contribution in [0.3, 0.4) is 0 Å². The molecule has 0 amide bonds. The number of hydrogen-bond acceptors (Lipinski definition) is 3. The SMILES string of the molecule is OCc1cccc(Cl)c1OCc1cncc(F)c1. The van der Waals surface area contributed by atoms with E-state index >= 15 is 0 Å². The smallest absolute Gasteiger partial charge is 0.143 e. The van der Waals surface area contributed by atoms with E-state index in [-0.39, 0.29) is 13.2 Å². The Bertz CT molecular complexity index is 548. The highest BCUT2D eigenvalue weighted by Gasteiger charge is 2.08. The molecular formula is C13H11ClFNO2. The van der Waals surface area contributed by atoms with Gasteiger partial charge < -0.3 is 9.84 Å². The number of pyridine rings is 1. The maximum atomic E-state index is 12.9. The van der Waals surface area contributed by atoms with Crippen molar-refractivity contribution in [2.24, 2.45) is 0 Å². The van der Waals surface area contributed by atoms with Crippen LogP contribution < -0.4 is 4.74 Å². The highest BCUT2D eigenvalue weighted by Crippen LogP contribution is 2.29. The lowest BCUT2D eigenvalue weighted by Gasteiger charge is -2.11. The Balaban J connectivity index is 2.15. The van der Waals surface area contributed by atoms with Crippen LogP contribution in [0.15, 0.2) is 36.7 Å². The van der Waals surface area contributed by atoms with Crippen LogP contribution in [0, 0.1) is 5.82 Å². The van der Waals surface area contributed by atoms with Crippen molar-refractivity contribution < 1.29 is 14.2 Å². The van der Waals surface area contributed by atoms with E-state index in [2.05, 4.69) is 4.98 Å². The van der Waals surface area contributed by atoms with Crippen molar-refractivity contribution in [3.8, 4) is 5.75 Å². The van der Waals surface area contributed by atoms with Crippen molar-refractivity contribution in [2.45, 2.75) is 13.2 Å². The van der Waals surface area contributed by atoms with Crippen LogP contribution in [-0.2, 0) is 13.2 Å². The van der Waals surface area contributed by atoms with Crippen LogP contribution in [0.25, 0.3) is 0 Å². The summed E-state index contributed by atoms with van der Waals surface area (Å²) in [6.07, 6.45) is 2.64. The van der Waals surface area contributed by atoms with Crippen LogP contribution in [0.1, 0.15) is 11.1 Å². The molecule has 1 N–H and O–H groups in total. The van der Waals surface area contributed by atoms with Crippen molar-refractivity contribution in [2.75, 3.05) is 0 Å². The van der Waals surface area contributed by atoms with E-state index in [0.29, 0.717) is 21.9 Å². The normalized spacial score (nSPS) is 10.4. The molecular weight excluding hydrogens is 257 g/mol. The number of benzene rings is 1. The second-order valence-corrected chi connectivity index (χ2v) is 4.09. The molecule has 0 aliphatic rings. The number of aromatic nitrogens is 1. The third-order valence-electron chi connectivity index (χ3n) is 2.36. The third kappa shape index (κ3) is 2.97. The van der Waals surface area contributed by atoms with Crippen molar-refractivity contribution in [1.82, 2.24) is 4.98 Å². The van der Waals surface area contributed by atoms with Gasteiger partial charge in [-0.2, -0.15) is 0 Å². The van der Waals surface area contributed by atoms with E-state index in [4.69, 9.17) is 16.3 Å². The van der Waals surface area contributed by atoms with Gasteiger partial charge in [-0.15, -0.1) is 0 Å². The van der Waals surface area contributed by atoms with Gasteiger partial charge in [0.1, 0.15) is 18.2 Å². The largest absolute Gasteiger partial charge is 0.487 e. The zero-order valence-corrected chi connectivity index (χ0v) is 10.2. The van der Waals surface area contributed by atoms with Gasteiger partial charge in [0.15, 0.2) is 0 Å². The van der Waals surface area contributed by atoms with E-state index in [9.17, 15) is 9.50 Å². The van der Waals surface area contributed by atoms with Gasteiger partial charge in [-0.25, -0.2) is 4.39 Å². The number of ether oxygens (including phenoxy) is 1. The molecule has 94 valence electrons. The first-order valence-electron chi connectivity index (χ1n) is 5.31. The molecule has 0 saturated carbocycles. The van der Waals surface area contributed by atoms with Crippen molar-refractivity contribution in [1.29, 1.82) is 0 Å². The van der Waals surface area contributed by atoms with Crippen LogP contribution in [-0.4, -0.2) is 10.1 Å². The summed E-state index contributed by atoms with van der Waals surface area (Å²) in [7, 11) is 0. The van der Waals surface area contributed by atoms with Gasteiger partial charge >= 0.3 is 0 Å². The van der Waals surface area contributed by atoms with Crippen molar-refractivity contribution in [3.05, 3.63) is 58.6 Å². The molecule has 0 fully saturated rings. The lowest BCUT2D eigenvalue weighted by atomic mass is 10.2. The summed E-state index contributed by atoms with van der Waals surface area (Å²) in [5.74, 6) is -0.0106. The summed E-state index contributed by atoms with van der Waals surface area (Å²) < 4.78 is 18.4. The summed E-state index contributed by atoms with van der Waals surface area (Å²) in [6, 6.07) is 6.44. The molecule has 0 unspecified atom stereocenters. The molecule has 0 saturated heterocycles. The number of para-hydroxylation sites is 1. The molecule has 5 heteroatoms. The van der Waals surface area contributed by atoms with Crippen LogP contribution in [0.4, 0.5) is 4.39 Å². The summed E-state index contributed by atoms with van der Waals surface area (Å²) in [5.41, 5.74) is 1.19. The predicted octanol–water partition coefficient (Wildman–Crippen LogP) is 2.95. The van der Waals surface area contributed by atoms with E-state index in [0.717, 1.165) is 6.20 Å². The summed E-state index contributed by atoms with van der Waals surface area (Å²) in [6.45, 7) is -0.0290. The van der Waals surface area contributed by atoms with Gasteiger partial charge in [-0.1, -0.05) is 23.7 Å². The highest BCUT2D eigenvalue weighted by molar-refractivity contribution is 6.32. The van der Waals surface area contributed by atoms with Gasteiger partial charge in [0.2, 0.25) is 0 Å². The van der Waals surface area contributed by atoms with Crippen LogP contribution in [0.2, 0.25) is 5.02 Å². The Morgan fingerprint density at radius 1 is 1.33 bits per heavy atom. The van der Waals surface area contributed by atoms with Gasteiger partial charge in [0, 0.05) is 17.3 Å². The average molecular weight is 268 g/mol. The standard InChI is InChI=1S/C13H11ClFNO2/c14-12-3-1-2-10(7-17)13(12)18-8-9-4-11(15)6-16-5-9/h1-6,17H,7-8H2. The molecule has 1 heterocycles. The van der Waals surface area contributed by atoms with Gasteiger partial charge in [-0.3, -0.25) is 4.98 Å². The Kier molecular flexibility index (Phi) is 4.12. The topological polar surface area (TPSA) is 42.4 Å². The van der Waals surface area contributed by atoms with E-state index in [1.807, 2.05) is 0 Å². The minimum absolute atomic E-state index is 0.140. The minimum Gasteiger partial charge on any atom is -0.487 e. The quantitative estimate of drug-likeness (QED) is 0.926. The number of aliphatic hydroxyl groups is 1. The molecule has 2 aromatic rings. The molecule has 0 aliphatic carbocycles. The number of nitrogens with zero attached hydrogens (tertiary/aromatic N) is 1. The molecule has 0 radical (unpaired) electrons. The van der Waals surface area contributed by atoms with Crippen LogP contribution in [0.5, 0.6) is 5.75 Å². The minimum atomic E-state index is -0.419. The first-order chi connectivity index (χ1) is 8.70. The highest BCUT2D eigenvalue weighted by atomic mass is 35.5. The monoisotopic (exact) mass is 267 g/mol.